The van der Waals surface area contributed by atoms with Crippen molar-refractivity contribution in [2.75, 3.05) is 0 Å². The molecule has 0 fully saturated rings. The lowest BCUT2D eigenvalue weighted by Gasteiger charge is -1.96. The van der Waals surface area contributed by atoms with Crippen LogP contribution in [0.5, 0.6) is 0 Å². The van der Waals surface area contributed by atoms with Crippen molar-refractivity contribution in [1.29, 1.82) is 0 Å². The van der Waals surface area contributed by atoms with Crippen LogP contribution >= 0.6 is 0 Å². The number of hydrogen-bond acceptors (Lipinski definition) is 3. The summed E-state index contributed by atoms with van der Waals surface area (Å²) in [6, 6.07) is 7.67. The number of para-hydroxylation sites is 1. The largest absolute Gasteiger partial charge is 0.478 e. The summed E-state index contributed by atoms with van der Waals surface area (Å²) in [4.78, 5) is 15.1. The van der Waals surface area contributed by atoms with Gasteiger partial charge in [-0.15, -0.1) is 0 Å². The lowest BCUT2D eigenvalue weighted by Crippen LogP contribution is -1.96. The number of carbonyl (C=O) groups is 1. The predicted octanol–water partition coefficient (Wildman–Crippen LogP) is 3.47. The second kappa shape index (κ2) is 4.41. The molecule has 20 heavy (non-hydrogen) atoms. The molecule has 0 radical (unpaired) electrons. The van der Waals surface area contributed by atoms with E-state index >= 15 is 0 Å². The number of halogens is 2. The van der Waals surface area contributed by atoms with Gasteiger partial charge in [-0.25, -0.2) is 18.6 Å². The third-order valence-corrected chi connectivity index (χ3v) is 2.82. The van der Waals surface area contributed by atoms with Gasteiger partial charge in [-0.1, -0.05) is 6.07 Å². The van der Waals surface area contributed by atoms with E-state index in [1.807, 2.05) is 0 Å². The van der Waals surface area contributed by atoms with E-state index in [4.69, 9.17) is 9.52 Å². The Morgan fingerprint density at radius 2 is 1.95 bits per heavy atom. The van der Waals surface area contributed by atoms with Crippen LogP contribution < -0.4 is 0 Å². The summed E-state index contributed by atoms with van der Waals surface area (Å²) in [5.41, 5.74) is 0.654. The Morgan fingerprint density at radius 3 is 2.65 bits per heavy atom. The summed E-state index contributed by atoms with van der Waals surface area (Å²) in [7, 11) is 0. The highest BCUT2D eigenvalue weighted by Crippen LogP contribution is 2.27. The van der Waals surface area contributed by atoms with E-state index in [9.17, 15) is 13.6 Å². The van der Waals surface area contributed by atoms with Crippen molar-refractivity contribution in [3.63, 3.8) is 0 Å². The molecule has 0 spiro atoms. The molecule has 0 unspecified atom stereocenters. The molecule has 0 aliphatic heterocycles. The molecule has 0 saturated carbocycles. The maximum atomic E-state index is 13.2. The lowest BCUT2D eigenvalue weighted by atomic mass is 10.2. The molecule has 1 aromatic heterocycles. The smallest absolute Gasteiger partial charge is 0.338 e. The number of carboxylic acids is 1. The van der Waals surface area contributed by atoms with Crippen LogP contribution in [0, 0.1) is 11.6 Å². The van der Waals surface area contributed by atoms with E-state index < -0.39 is 17.6 Å². The fraction of sp³-hybridized carbons (Fsp3) is 0. The third kappa shape index (κ3) is 1.91. The van der Waals surface area contributed by atoms with E-state index in [-0.39, 0.29) is 28.1 Å². The van der Waals surface area contributed by atoms with Gasteiger partial charge >= 0.3 is 5.97 Å². The molecule has 2 aromatic carbocycles. The molecule has 0 saturated heterocycles. The molecule has 1 N–H and O–H groups in total. The van der Waals surface area contributed by atoms with Crippen LogP contribution in [0.1, 0.15) is 10.4 Å². The summed E-state index contributed by atoms with van der Waals surface area (Å²) >= 11 is 0. The zero-order valence-electron chi connectivity index (χ0n) is 9.93. The van der Waals surface area contributed by atoms with Gasteiger partial charge in [0.15, 0.2) is 17.2 Å². The minimum absolute atomic E-state index is 0.0138. The maximum absolute atomic E-state index is 13.2. The number of oxazole rings is 1. The lowest BCUT2D eigenvalue weighted by molar-refractivity contribution is 0.0699. The van der Waals surface area contributed by atoms with Gasteiger partial charge in [0.25, 0.3) is 0 Å². The van der Waals surface area contributed by atoms with E-state index in [1.54, 1.807) is 6.07 Å². The summed E-state index contributed by atoms with van der Waals surface area (Å²) in [5, 5.41) is 9.05. The fourth-order valence-corrected chi connectivity index (χ4v) is 1.87. The minimum Gasteiger partial charge on any atom is -0.478 e. The number of hydrogen-bond donors (Lipinski definition) is 1. The number of benzene rings is 2. The van der Waals surface area contributed by atoms with Crippen LogP contribution in [0.4, 0.5) is 8.78 Å². The molecule has 4 nitrogen and oxygen atoms in total. The highest BCUT2D eigenvalue weighted by molar-refractivity contribution is 6.00. The molecular weight excluding hydrogens is 268 g/mol. The molecule has 0 atom stereocenters. The number of carboxylic acid groups (broad SMARTS) is 1. The van der Waals surface area contributed by atoms with Gasteiger partial charge in [-0.2, -0.15) is 0 Å². The van der Waals surface area contributed by atoms with Gasteiger partial charge in [0.2, 0.25) is 5.89 Å². The number of aromatic nitrogens is 1. The monoisotopic (exact) mass is 275 g/mol. The first-order valence-corrected chi connectivity index (χ1v) is 5.64. The molecule has 0 aliphatic carbocycles. The molecule has 0 bridgehead atoms. The topological polar surface area (TPSA) is 63.3 Å². The molecule has 3 rings (SSSR count). The molecule has 1 heterocycles. The first-order chi connectivity index (χ1) is 9.56. The van der Waals surface area contributed by atoms with Crippen molar-refractivity contribution < 1.29 is 23.1 Å². The Balaban J connectivity index is 2.20. The highest BCUT2D eigenvalue weighted by atomic mass is 19.2. The summed E-state index contributed by atoms with van der Waals surface area (Å²) in [6.45, 7) is 0. The Morgan fingerprint density at radius 1 is 1.15 bits per heavy atom. The first kappa shape index (κ1) is 12.3. The van der Waals surface area contributed by atoms with Crippen molar-refractivity contribution >= 4 is 17.1 Å². The van der Waals surface area contributed by atoms with Crippen LogP contribution in [0.25, 0.3) is 22.6 Å². The predicted molar refractivity (Wildman–Crippen MR) is 66.3 cm³/mol. The van der Waals surface area contributed by atoms with Crippen molar-refractivity contribution in [3.05, 3.63) is 53.6 Å². The summed E-state index contributed by atoms with van der Waals surface area (Å²) < 4.78 is 31.5. The van der Waals surface area contributed by atoms with Crippen molar-refractivity contribution in [2.24, 2.45) is 0 Å². The number of nitrogens with zero attached hydrogens (tertiary/aromatic N) is 1. The first-order valence-electron chi connectivity index (χ1n) is 5.64. The zero-order chi connectivity index (χ0) is 14.3. The second-order valence-corrected chi connectivity index (χ2v) is 4.11. The standard InChI is InChI=1S/C14H7F2NO3/c15-9-5-4-7(6-10(9)16)13-17-12-8(14(18)19)2-1-3-11(12)20-13/h1-6H,(H,18,19). The Kier molecular flexibility index (Phi) is 2.71. The fourth-order valence-electron chi connectivity index (χ4n) is 1.87. The third-order valence-electron chi connectivity index (χ3n) is 2.82. The number of aromatic carboxylic acids is 1. The number of rotatable bonds is 2. The SMILES string of the molecule is O=C(O)c1cccc2oc(-c3ccc(F)c(F)c3)nc12. The van der Waals surface area contributed by atoms with Gasteiger partial charge < -0.3 is 9.52 Å². The summed E-state index contributed by atoms with van der Waals surface area (Å²) in [5.74, 6) is -3.10. The second-order valence-electron chi connectivity index (χ2n) is 4.11. The average molecular weight is 275 g/mol. The minimum atomic E-state index is -1.14. The van der Waals surface area contributed by atoms with Crippen LogP contribution in [0.15, 0.2) is 40.8 Å². The molecule has 0 amide bonds. The molecule has 100 valence electrons. The van der Waals surface area contributed by atoms with Crippen molar-refractivity contribution in [3.8, 4) is 11.5 Å². The Hall–Kier alpha value is -2.76. The van der Waals surface area contributed by atoms with Crippen LogP contribution in [-0.4, -0.2) is 16.1 Å². The van der Waals surface area contributed by atoms with E-state index in [1.165, 1.54) is 18.2 Å². The van der Waals surface area contributed by atoms with Gasteiger partial charge in [0.05, 0.1) is 5.56 Å². The van der Waals surface area contributed by atoms with Crippen molar-refractivity contribution in [2.45, 2.75) is 0 Å². The van der Waals surface area contributed by atoms with Crippen LogP contribution in [0.3, 0.4) is 0 Å². The van der Waals surface area contributed by atoms with Gasteiger partial charge in [0.1, 0.15) is 5.52 Å². The highest BCUT2D eigenvalue weighted by Gasteiger charge is 2.16. The van der Waals surface area contributed by atoms with Gasteiger partial charge in [-0.3, -0.25) is 0 Å². The Labute approximate surface area is 111 Å². The average Bonchev–Trinajstić information content (AvgIpc) is 2.85. The van der Waals surface area contributed by atoms with E-state index in [2.05, 4.69) is 4.98 Å². The number of fused-ring (bicyclic) bond motifs is 1. The maximum Gasteiger partial charge on any atom is 0.338 e. The van der Waals surface area contributed by atoms with Gasteiger partial charge in [0, 0.05) is 5.56 Å². The molecule has 0 aliphatic rings. The van der Waals surface area contributed by atoms with Gasteiger partial charge in [-0.05, 0) is 30.3 Å². The van der Waals surface area contributed by atoms with E-state index in [0.29, 0.717) is 0 Å². The van der Waals surface area contributed by atoms with Crippen LogP contribution in [-0.2, 0) is 0 Å². The quantitative estimate of drug-likeness (QED) is 0.777. The molecule has 3 aromatic rings. The normalized spacial score (nSPS) is 10.9. The summed E-state index contributed by atoms with van der Waals surface area (Å²) in [6.07, 6.45) is 0. The Bertz CT molecular complexity index is 826. The van der Waals surface area contributed by atoms with Crippen LogP contribution in [0.2, 0.25) is 0 Å². The molecule has 6 heteroatoms. The zero-order valence-corrected chi connectivity index (χ0v) is 9.93. The van der Waals surface area contributed by atoms with Crippen molar-refractivity contribution in [1.82, 2.24) is 4.98 Å². The van der Waals surface area contributed by atoms with E-state index in [0.717, 1.165) is 12.1 Å². The molecular formula is C14H7F2NO3.